The fourth-order valence-electron chi connectivity index (χ4n) is 0.595. The second kappa shape index (κ2) is 3.60. The minimum Gasteiger partial charge on any atom is -0.267 e. The lowest BCUT2D eigenvalue weighted by Crippen LogP contribution is -2.28. The van der Waals surface area contributed by atoms with Crippen molar-refractivity contribution in [2.24, 2.45) is 0 Å². The topological polar surface area (TPSA) is 76.1 Å². The van der Waals surface area contributed by atoms with Gasteiger partial charge in [0.15, 0.2) is 5.15 Å². The van der Waals surface area contributed by atoms with Gasteiger partial charge in [-0.05, 0) is 0 Å². The highest BCUT2D eigenvalue weighted by Crippen LogP contribution is 2.17. The van der Waals surface area contributed by atoms with Crippen molar-refractivity contribution >= 4 is 38.9 Å². The molecule has 0 spiro atoms. The summed E-state index contributed by atoms with van der Waals surface area (Å²) in [5, 5.41) is 0.00569. The number of hydrogen-bond donors (Lipinski definition) is 1. The van der Waals surface area contributed by atoms with Gasteiger partial charge in [0.2, 0.25) is 10.0 Å². The first-order chi connectivity index (χ1) is 5.90. The van der Waals surface area contributed by atoms with E-state index in [0.717, 1.165) is 17.6 Å². The van der Waals surface area contributed by atoms with Gasteiger partial charge in [-0.15, -0.1) is 11.3 Å². The van der Waals surface area contributed by atoms with Crippen LogP contribution in [0.4, 0.5) is 0 Å². The summed E-state index contributed by atoms with van der Waals surface area (Å²) in [5.74, 6) is -0.755. The Balaban J connectivity index is 2.88. The molecule has 0 bridgehead atoms. The molecule has 0 radical (unpaired) electrons. The molecule has 0 unspecified atom stereocenters. The molecule has 1 heterocycles. The third-order valence-corrected chi connectivity index (χ3v) is 2.79. The monoisotopic (exact) mass is 240 g/mol. The number of rotatable bonds is 2. The molecule has 0 aliphatic carbocycles. The smallest absolute Gasteiger partial charge is 0.267 e. The number of aromatic nitrogens is 1. The van der Waals surface area contributed by atoms with Crippen LogP contribution in [0.15, 0.2) is 5.51 Å². The lowest BCUT2D eigenvalue weighted by Gasteiger charge is -1.98. The van der Waals surface area contributed by atoms with E-state index in [1.165, 1.54) is 5.51 Å². The molecule has 1 N–H and O–H groups in total. The predicted molar refractivity (Wildman–Crippen MR) is 49.4 cm³/mol. The van der Waals surface area contributed by atoms with E-state index in [0.29, 0.717) is 0 Å². The van der Waals surface area contributed by atoms with Crippen LogP contribution in [0, 0.1) is 0 Å². The highest BCUT2D eigenvalue weighted by molar-refractivity contribution is 7.89. The Morgan fingerprint density at radius 1 is 1.69 bits per heavy atom. The molecule has 72 valence electrons. The zero-order valence-corrected chi connectivity index (χ0v) is 8.83. The van der Waals surface area contributed by atoms with Gasteiger partial charge in [0.05, 0.1) is 11.8 Å². The summed E-state index contributed by atoms with van der Waals surface area (Å²) >= 11 is 6.49. The number of hydrogen-bond acceptors (Lipinski definition) is 5. The van der Waals surface area contributed by atoms with Crippen LogP contribution in [0.25, 0.3) is 0 Å². The number of halogens is 1. The van der Waals surface area contributed by atoms with Crippen molar-refractivity contribution in [3.63, 3.8) is 0 Å². The van der Waals surface area contributed by atoms with E-state index in [4.69, 9.17) is 11.6 Å². The van der Waals surface area contributed by atoms with Crippen LogP contribution in [-0.4, -0.2) is 25.6 Å². The standard InChI is InChI=1S/C5H5ClN2O3S2/c1-13(10,11)8-5(9)3-4(6)7-2-12-3/h2H,1H3,(H,8,9). The lowest BCUT2D eigenvalue weighted by molar-refractivity contribution is 0.0985. The summed E-state index contributed by atoms with van der Waals surface area (Å²) in [6, 6.07) is 0. The first kappa shape index (κ1) is 10.4. The van der Waals surface area contributed by atoms with E-state index < -0.39 is 15.9 Å². The van der Waals surface area contributed by atoms with Gasteiger partial charge in [0.25, 0.3) is 5.91 Å². The largest absolute Gasteiger partial charge is 0.278 e. The Bertz CT molecular complexity index is 425. The van der Waals surface area contributed by atoms with E-state index in [-0.39, 0.29) is 10.0 Å². The van der Waals surface area contributed by atoms with Crippen molar-refractivity contribution in [2.75, 3.05) is 6.26 Å². The summed E-state index contributed by atoms with van der Waals surface area (Å²) in [6.45, 7) is 0. The average molecular weight is 241 g/mol. The Morgan fingerprint density at radius 3 is 2.69 bits per heavy atom. The van der Waals surface area contributed by atoms with Crippen LogP contribution in [-0.2, 0) is 10.0 Å². The molecule has 0 saturated carbocycles. The molecule has 8 heteroatoms. The molecule has 1 rings (SSSR count). The van der Waals surface area contributed by atoms with Crippen LogP contribution in [0.3, 0.4) is 0 Å². The molecule has 0 saturated heterocycles. The van der Waals surface area contributed by atoms with Crippen molar-refractivity contribution < 1.29 is 13.2 Å². The lowest BCUT2D eigenvalue weighted by atomic mass is 10.5. The molecular weight excluding hydrogens is 236 g/mol. The van der Waals surface area contributed by atoms with Crippen LogP contribution in [0.5, 0.6) is 0 Å². The molecule has 1 aromatic heterocycles. The highest BCUT2D eigenvalue weighted by atomic mass is 35.5. The summed E-state index contributed by atoms with van der Waals surface area (Å²) in [5.41, 5.74) is 1.36. The second-order valence-electron chi connectivity index (χ2n) is 2.18. The van der Waals surface area contributed by atoms with E-state index in [1.54, 1.807) is 4.72 Å². The molecule has 13 heavy (non-hydrogen) atoms. The van der Waals surface area contributed by atoms with Gasteiger partial charge in [-0.25, -0.2) is 18.1 Å². The first-order valence-electron chi connectivity index (χ1n) is 3.01. The second-order valence-corrected chi connectivity index (χ2v) is 5.14. The quantitative estimate of drug-likeness (QED) is 0.816. The number of sulfonamides is 1. The van der Waals surface area contributed by atoms with E-state index in [2.05, 4.69) is 4.98 Å². The molecule has 0 fully saturated rings. The molecule has 5 nitrogen and oxygen atoms in total. The Kier molecular flexibility index (Phi) is 2.89. The van der Waals surface area contributed by atoms with E-state index >= 15 is 0 Å². The number of nitrogens with one attached hydrogen (secondary N) is 1. The first-order valence-corrected chi connectivity index (χ1v) is 6.16. The van der Waals surface area contributed by atoms with Crippen molar-refractivity contribution in [3.05, 3.63) is 15.5 Å². The number of amides is 1. The predicted octanol–water partition coefficient (Wildman–Crippen LogP) is 0.486. The normalized spacial score (nSPS) is 11.2. The molecule has 0 aliphatic heterocycles. The maximum Gasteiger partial charge on any atom is 0.278 e. The highest BCUT2D eigenvalue weighted by Gasteiger charge is 2.16. The van der Waals surface area contributed by atoms with Crippen LogP contribution < -0.4 is 4.72 Å². The van der Waals surface area contributed by atoms with Crippen LogP contribution in [0.1, 0.15) is 9.67 Å². The van der Waals surface area contributed by atoms with Crippen molar-refractivity contribution in [1.82, 2.24) is 9.71 Å². The molecule has 0 aromatic carbocycles. The molecule has 0 aliphatic rings. The fourth-order valence-corrected chi connectivity index (χ4v) is 2.00. The van der Waals surface area contributed by atoms with E-state index in [1.807, 2.05) is 0 Å². The van der Waals surface area contributed by atoms with Gasteiger partial charge < -0.3 is 0 Å². The minimum absolute atomic E-state index is 0.00569. The SMILES string of the molecule is CS(=O)(=O)NC(=O)c1scnc1Cl. The van der Waals surface area contributed by atoms with Crippen molar-refractivity contribution in [1.29, 1.82) is 0 Å². The zero-order valence-electron chi connectivity index (χ0n) is 6.44. The Hall–Kier alpha value is -0.660. The van der Waals surface area contributed by atoms with Gasteiger partial charge >= 0.3 is 0 Å². The number of nitrogens with zero attached hydrogens (tertiary/aromatic N) is 1. The molecule has 0 atom stereocenters. The summed E-state index contributed by atoms with van der Waals surface area (Å²) in [6.07, 6.45) is 0.889. The summed E-state index contributed by atoms with van der Waals surface area (Å²) in [4.78, 5) is 14.8. The number of thiazole rings is 1. The zero-order chi connectivity index (χ0) is 10.1. The number of carbonyl (C=O) groups is 1. The summed E-state index contributed by atoms with van der Waals surface area (Å²) < 4.78 is 23.1. The van der Waals surface area contributed by atoms with Gasteiger partial charge in [-0.1, -0.05) is 11.6 Å². The van der Waals surface area contributed by atoms with Crippen LogP contribution in [0.2, 0.25) is 5.15 Å². The third kappa shape index (κ3) is 2.94. The van der Waals surface area contributed by atoms with Gasteiger partial charge in [-0.2, -0.15) is 0 Å². The van der Waals surface area contributed by atoms with Crippen molar-refractivity contribution in [3.8, 4) is 0 Å². The van der Waals surface area contributed by atoms with E-state index in [9.17, 15) is 13.2 Å². The van der Waals surface area contributed by atoms with Gasteiger partial charge in [0.1, 0.15) is 4.88 Å². The third-order valence-electron chi connectivity index (χ3n) is 1.01. The fraction of sp³-hybridized carbons (Fsp3) is 0.200. The average Bonchev–Trinajstić information content (AvgIpc) is 2.30. The number of carbonyl (C=O) groups excluding carboxylic acids is 1. The molecular formula is C5H5ClN2O3S2. The van der Waals surface area contributed by atoms with Gasteiger partial charge in [-0.3, -0.25) is 4.79 Å². The molecule has 1 aromatic rings. The maximum absolute atomic E-state index is 11.1. The minimum atomic E-state index is -3.55. The van der Waals surface area contributed by atoms with Gasteiger partial charge in [0, 0.05) is 0 Å². The maximum atomic E-state index is 11.1. The van der Waals surface area contributed by atoms with Crippen LogP contribution >= 0.6 is 22.9 Å². The Labute approximate surface area is 83.8 Å². The van der Waals surface area contributed by atoms with Crippen molar-refractivity contribution in [2.45, 2.75) is 0 Å². The summed E-state index contributed by atoms with van der Waals surface area (Å²) in [7, 11) is -3.55. The Morgan fingerprint density at radius 2 is 2.31 bits per heavy atom. The molecule has 1 amide bonds.